The summed E-state index contributed by atoms with van der Waals surface area (Å²) < 4.78 is 10.8. The number of piperazine rings is 1. The molecule has 1 saturated heterocycles. The zero-order chi connectivity index (χ0) is 18.2. The van der Waals surface area contributed by atoms with Crippen molar-refractivity contribution in [2.45, 2.75) is 33.3 Å². The fraction of sp³-hybridized carbons (Fsp3) is 0.474. The summed E-state index contributed by atoms with van der Waals surface area (Å²) >= 11 is 0. The SMILES string of the molecule is Cc1cc(=O)oc2cccc(N3CCN(C(=O)OC(C)(C)C)CC3)c12. The Morgan fingerprint density at radius 2 is 1.84 bits per heavy atom. The summed E-state index contributed by atoms with van der Waals surface area (Å²) in [6.45, 7) is 10.1. The van der Waals surface area contributed by atoms with Crippen LogP contribution in [0.4, 0.5) is 10.5 Å². The van der Waals surface area contributed by atoms with Crippen molar-refractivity contribution < 1.29 is 13.9 Å². The van der Waals surface area contributed by atoms with Crippen LogP contribution in [-0.4, -0.2) is 42.8 Å². The molecule has 0 atom stereocenters. The molecule has 1 fully saturated rings. The average Bonchev–Trinajstić information content (AvgIpc) is 2.52. The maximum absolute atomic E-state index is 12.2. The molecule has 1 aromatic carbocycles. The summed E-state index contributed by atoms with van der Waals surface area (Å²) in [6.07, 6.45) is -0.271. The molecular weight excluding hydrogens is 320 g/mol. The standard InChI is InChI=1S/C19H24N2O4/c1-13-12-16(22)24-15-7-5-6-14(17(13)15)20-8-10-21(11-9-20)18(23)25-19(2,3)4/h5-7,12H,8-11H2,1-4H3. The number of ether oxygens (including phenoxy) is 1. The number of rotatable bonds is 1. The molecule has 0 bridgehead atoms. The number of amides is 1. The Balaban J connectivity index is 1.79. The van der Waals surface area contributed by atoms with Gasteiger partial charge in [-0.2, -0.15) is 0 Å². The maximum Gasteiger partial charge on any atom is 0.410 e. The number of nitrogens with zero attached hydrogens (tertiary/aromatic N) is 2. The van der Waals surface area contributed by atoms with Crippen LogP contribution in [0.2, 0.25) is 0 Å². The second-order valence-electron chi connectivity index (χ2n) is 7.35. The molecule has 6 heteroatoms. The molecule has 6 nitrogen and oxygen atoms in total. The number of carbonyl (C=O) groups excluding carboxylic acids is 1. The number of hydrogen-bond acceptors (Lipinski definition) is 5. The smallest absolute Gasteiger partial charge is 0.410 e. The number of anilines is 1. The van der Waals surface area contributed by atoms with Gasteiger partial charge in [-0.1, -0.05) is 6.07 Å². The Hall–Kier alpha value is -2.50. The summed E-state index contributed by atoms with van der Waals surface area (Å²) in [5, 5.41) is 0.952. The van der Waals surface area contributed by atoms with Crippen LogP contribution in [-0.2, 0) is 4.74 Å². The summed E-state index contributed by atoms with van der Waals surface area (Å²) in [5.74, 6) is 0. The molecule has 2 heterocycles. The normalized spacial score (nSPS) is 15.5. The number of aryl methyl sites for hydroxylation is 1. The minimum atomic E-state index is -0.488. The topological polar surface area (TPSA) is 63.0 Å². The van der Waals surface area contributed by atoms with Gasteiger partial charge in [0.1, 0.15) is 11.2 Å². The van der Waals surface area contributed by atoms with E-state index < -0.39 is 5.60 Å². The van der Waals surface area contributed by atoms with E-state index in [1.807, 2.05) is 45.9 Å². The fourth-order valence-corrected chi connectivity index (χ4v) is 3.11. The van der Waals surface area contributed by atoms with Crippen molar-refractivity contribution in [1.82, 2.24) is 4.90 Å². The Labute approximate surface area is 147 Å². The Bertz CT molecular complexity index is 843. The van der Waals surface area contributed by atoms with Crippen LogP contribution >= 0.6 is 0 Å². The van der Waals surface area contributed by atoms with Gasteiger partial charge in [-0.05, 0) is 45.4 Å². The van der Waals surface area contributed by atoms with Gasteiger partial charge >= 0.3 is 11.7 Å². The zero-order valence-corrected chi connectivity index (χ0v) is 15.2. The minimum Gasteiger partial charge on any atom is -0.444 e. The summed E-state index contributed by atoms with van der Waals surface area (Å²) in [7, 11) is 0. The highest BCUT2D eigenvalue weighted by atomic mass is 16.6. The van der Waals surface area contributed by atoms with E-state index in [0.29, 0.717) is 31.8 Å². The number of hydrogen-bond donors (Lipinski definition) is 0. The molecule has 2 aromatic rings. The van der Waals surface area contributed by atoms with Crippen molar-refractivity contribution in [3.63, 3.8) is 0 Å². The monoisotopic (exact) mass is 344 g/mol. The van der Waals surface area contributed by atoms with Crippen LogP contribution in [0.25, 0.3) is 11.0 Å². The van der Waals surface area contributed by atoms with E-state index in [1.165, 1.54) is 6.07 Å². The third kappa shape index (κ3) is 3.78. The van der Waals surface area contributed by atoms with Gasteiger partial charge in [-0.15, -0.1) is 0 Å². The van der Waals surface area contributed by atoms with Crippen LogP contribution in [0.3, 0.4) is 0 Å². The lowest BCUT2D eigenvalue weighted by Gasteiger charge is -2.37. The molecule has 1 aliphatic rings. The van der Waals surface area contributed by atoms with Gasteiger partial charge in [-0.3, -0.25) is 0 Å². The number of benzene rings is 1. The van der Waals surface area contributed by atoms with Crippen LogP contribution in [0, 0.1) is 6.92 Å². The van der Waals surface area contributed by atoms with E-state index in [9.17, 15) is 9.59 Å². The number of carbonyl (C=O) groups is 1. The second kappa shape index (κ2) is 6.43. The van der Waals surface area contributed by atoms with Crippen LogP contribution < -0.4 is 10.5 Å². The van der Waals surface area contributed by atoms with Gasteiger partial charge in [0.25, 0.3) is 0 Å². The lowest BCUT2D eigenvalue weighted by molar-refractivity contribution is 0.0240. The molecule has 0 unspecified atom stereocenters. The Kier molecular flexibility index (Phi) is 4.45. The lowest BCUT2D eigenvalue weighted by atomic mass is 10.1. The van der Waals surface area contributed by atoms with Crippen molar-refractivity contribution >= 4 is 22.7 Å². The largest absolute Gasteiger partial charge is 0.444 e. The van der Waals surface area contributed by atoms with E-state index in [1.54, 1.807) is 4.90 Å². The molecule has 134 valence electrons. The predicted octanol–water partition coefficient (Wildman–Crippen LogP) is 3.16. The summed E-state index contributed by atoms with van der Waals surface area (Å²) in [6, 6.07) is 7.24. The van der Waals surface area contributed by atoms with Crippen molar-refractivity contribution in [1.29, 1.82) is 0 Å². The molecule has 3 rings (SSSR count). The molecule has 0 saturated carbocycles. The van der Waals surface area contributed by atoms with Crippen LogP contribution in [0.15, 0.2) is 33.5 Å². The third-order valence-electron chi connectivity index (χ3n) is 4.22. The molecule has 0 spiro atoms. The van der Waals surface area contributed by atoms with Crippen LogP contribution in [0.1, 0.15) is 26.3 Å². The van der Waals surface area contributed by atoms with Crippen molar-refractivity contribution in [2.24, 2.45) is 0 Å². The first-order valence-electron chi connectivity index (χ1n) is 8.51. The predicted molar refractivity (Wildman–Crippen MR) is 97.2 cm³/mol. The van der Waals surface area contributed by atoms with E-state index in [2.05, 4.69) is 4.90 Å². The van der Waals surface area contributed by atoms with Crippen molar-refractivity contribution in [3.8, 4) is 0 Å². The summed E-state index contributed by atoms with van der Waals surface area (Å²) in [4.78, 5) is 27.7. The Morgan fingerprint density at radius 3 is 2.48 bits per heavy atom. The zero-order valence-electron chi connectivity index (χ0n) is 15.2. The molecule has 0 aliphatic carbocycles. The first-order valence-corrected chi connectivity index (χ1v) is 8.51. The van der Waals surface area contributed by atoms with Crippen molar-refractivity contribution in [3.05, 3.63) is 40.2 Å². The molecule has 1 aliphatic heterocycles. The van der Waals surface area contributed by atoms with Gasteiger partial charge in [-0.25, -0.2) is 9.59 Å². The highest BCUT2D eigenvalue weighted by Gasteiger charge is 2.26. The highest BCUT2D eigenvalue weighted by molar-refractivity contribution is 5.93. The minimum absolute atomic E-state index is 0.271. The Morgan fingerprint density at radius 1 is 1.16 bits per heavy atom. The molecule has 1 aromatic heterocycles. The lowest BCUT2D eigenvalue weighted by Crippen LogP contribution is -2.50. The first-order chi connectivity index (χ1) is 11.7. The van der Waals surface area contributed by atoms with Gasteiger partial charge in [0.2, 0.25) is 0 Å². The maximum atomic E-state index is 12.2. The first kappa shape index (κ1) is 17.3. The van der Waals surface area contributed by atoms with Gasteiger partial charge in [0.15, 0.2) is 0 Å². The van der Waals surface area contributed by atoms with Crippen molar-refractivity contribution in [2.75, 3.05) is 31.1 Å². The molecular formula is C19H24N2O4. The molecule has 0 N–H and O–H groups in total. The highest BCUT2D eigenvalue weighted by Crippen LogP contribution is 2.29. The van der Waals surface area contributed by atoms with E-state index in [4.69, 9.17) is 9.15 Å². The van der Waals surface area contributed by atoms with Crippen LogP contribution in [0.5, 0.6) is 0 Å². The average molecular weight is 344 g/mol. The third-order valence-corrected chi connectivity index (χ3v) is 4.22. The van der Waals surface area contributed by atoms with Gasteiger partial charge in [0.05, 0.1) is 0 Å². The number of fused-ring (bicyclic) bond motifs is 1. The molecule has 0 radical (unpaired) electrons. The molecule has 1 amide bonds. The molecule has 25 heavy (non-hydrogen) atoms. The van der Waals surface area contributed by atoms with E-state index in [0.717, 1.165) is 16.6 Å². The van der Waals surface area contributed by atoms with Gasteiger partial charge in [0, 0.05) is 43.3 Å². The summed E-state index contributed by atoms with van der Waals surface area (Å²) in [5.41, 5.74) is 1.70. The fourth-order valence-electron chi connectivity index (χ4n) is 3.11. The quantitative estimate of drug-likeness (QED) is 0.744. The van der Waals surface area contributed by atoms with Gasteiger partial charge < -0.3 is 19.0 Å². The van der Waals surface area contributed by atoms with E-state index >= 15 is 0 Å². The van der Waals surface area contributed by atoms with E-state index in [-0.39, 0.29) is 11.7 Å². The second-order valence-corrected chi connectivity index (χ2v) is 7.35.